The quantitative estimate of drug-likeness (QED) is 0.843. The van der Waals surface area contributed by atoms with Gasteiger partial charge in [-0.25, -0.2) is 0 Å². The third-order valence-electron chi connectivity index (χ3n) is 3.77. The molecule has 4 nitrogen and oxygen atoms in total. The number of benzene rings is 1. The lowest BCUT2D eigenvalue weighted by atomic mass is 10.0. The van der Waals surface area contributed by atoms with Crippen LogP contribution in [0.5, 0.6) is 5.75 Å². The van der Waals surface area contributed by atoms with Crippen LogP contribution in [0.15, 0.2) is 36.7 Å². The van der Waals surface area contributed by atoms with E-state index in [2.05, 4.69) is 41.2 Å². The number of nitrogens with zero attached hydrogens (tertiary/aromatic N) is 2. The molecule has 0 aliphatic heterocycles. The number of aromatic amines is 1. The summed E-state index contributed by atoms with van der Waals surface area (Å²) in [5, 5.41) is 6.83. The topological polar surface area (TPSA) is 41.1 Å². The number of methoxy groups -OCH3 is 1. The zero-order valence-corrected chi connectivity index (χ0v) is 12.5. The predicted octanol–water partition coefficient (Wildman–Crippen LogP) is 2.52. The Balaban J connectivity index is 1.88. The molecule has 4 heteroatoms. The molecule has 0 saturated carbocycles. The van der Waals surface area contributed by atoms with E-state index in [1.54, 1.807) is 7.11 Å². The summed E-state index contributed by atoms with van der Waals surface area (Å²) < 4.78 is 5.41. The van der Waals surface area contributed by atoms with Gasteiger partial charge in [-0.1, -0.05) is 18.2 Å². The highest BCUT2D eigenvalue weighted by Crippen LogP contribution is 2.20. The maximum absolute atomic E-state index is 5.41. The van der Waals surface area contributed by atoms with E-state index in [0.717, 1.165) is 25.1 Å². The molecule has 0 spiro atoms. The number of ether oxygens (including phenoxy) is 1. The second-order valence-electron chi connectivity index (χ2n) is 5.20. The average molecular weight is 273 g/mol. The molecule has 20 heavy (non-hydrogen) atoms. The number of hydrogen-bond donors (Lipinski definition) is 1. The summed E-state index contributed by atoms with van der Waals surface area (Å²) in [6.07, 6.45) is 5.85. The van der Waals surface area contributed by atoms with Crippen molar-refractivity contribution < 1.29 is 4.74 Å². The second kappa shape index (κ2) is 7.10. The fraction of sp³-hybridized carbons (Fsp3) is 0.438. The number of H-pyrrole nitrogens is 1. The Morgan fingerprint density at radius 3 is 2.85 bits per heavy atom. The molecule has 1 N–H and O–H groups in total. The SMILES string of the molecule is COc1ccccc1C[C@H](C)N(C)CCc1cn[nH]c1. The van der Waals surface area contributed by atoms with Crippen LogP contribution in [0.3, 0.4) is 0 Å². The average Bonchev–Trinajstić information content (AvgIpc) is 2.98. The highest BCUT2D eigenvalue weighted by molar-refractivity contribution is 5.33. The Hall–Kier alpha value is -1.81. The van der Waals surface area contributed by atoms with Crippen molar-refractivity contribution in [2.75, 3.05) is 20.7 Å². The van der Waals surface area contributed by atoms with Gasteiger partial charge in [0.2, 0.25) is 0 Å². The summed E-state index contributed by atoms with van der Waals surface area (Å²) >= 11 is 0. The van der Waals surface area contributed by atoms with Crippen LogP contribution in [0.4, 0.5) is 0 Å². The highest BCUT2D eigenvalue weighted by atomic mass is 16.5. The molecule has 1 aromatic carbocycles. The van der Waals surface area contributed by atoms with Gasteiger partial charge < -0.3 is 9.64 Å². The van der Waals surface area contributed by atoms with E-state index in [9.17, 15) is 0 Å². The van der Waals surface area contributed by atoms with Crippen molar-refractivity contribution in [1.29, 1.82) is 0 Å². The molecule has 108 valence electrons. The van der Waals surface area contributed by atoms with Crippen LogP contribution in [-0.4, -0.2) is 41.8 Å². The third kappa shape index (κ3) is 3.84. The first kappa shape index (κ1) is 14.6. The van der Waals surface area contributed by atoms with Crippen molar-refractivity contribution in [3.8, 4) is 5.75 Å². The van der Waals surface area contributed by atoms with Crippen molar-refractivity contribution in [2.45, 2.75) is 25.8 Å². The number of aromatic nitrogens is 2. The molecule has 0 aliphatic rings. The fourth-order valence-electron chi connectivity index (χ4n) is 2.29. The van der Waals surface area contributed by atoms with E-state index in [4.69, 9.17) is 4.74 Å². The van der Waals surface area contributed by atoms with Crippen LogP contribution in [-0.2, 0) is 12.8 Å². The molecular weight excluding hydrogens is 250 g/mol. The van der Waals surface area contributed by atoms with E-state index in [1.165, 1.54) is 11.1 Å². The maximum atomic E-state index is 5.41. The molecule has 0 amide bonds. The smallest absolute Gasteiger partial charge is 0.122 e. The zero-order valence-electron chi connectivity index (χ0n) is 12.5. The van der Waals surface area contributed by atoms with Gasteiger partial charge in [-0.05, 0) is 44.0 Å². The minimum absolute atomic E-state index is 0.471. The lowest BCUT2D eigenvalue weighted by Gasteiger charge is -2.25. The lowest BCUT2D eigenvalue weighted by Crippen LogP contribution is -2.32. The molecule has 1 aromatic heterocycles. The molecule has 2 rings (SSSR count). The summed E-state index contributed by atoms with van der Waals surface area (Å²) in [6.45, 7) is 3.28. The molecule has 1 atom stereocenters. The van der Waals surface area contributed by atoms with Gasteiger partial charge in [-0.15, -0.1) is 0 Å². The number of rotatable bonds is 7. The second-order valence-corrected chi connectivity index (χ2v) is 5.20. The van der Waals surface area contributed by atoms with Crippen LogP contribution in [0.2, 0.25) is 0 Å². The highest BCUT2D eigenvalue weighted by Gasteiger charge is 2.12. The maximum Gasteiger partial charge on any atom is 0.122 e. The van der Waals surface area contributed by atoms with E-state index in [-0.39, 0.29) is 0 Å². The normalized spacial score (nSPS) is 12.6. The minimum Gasteiger partial charge on any atom is -0.496 e. The van der Waals surface area contributed by atoms with Crippen molar-refractivity contribution in [3.05, 3.63) is 47.8 Å². The lowest BCUT2D eigenvalue weighted by molar-refractivity contribution is 0.257. The first-order valence-corrected chi connectivity index (χ1v) is 7.00. The van der Waals surface area contributed by atoms with Crippen LogP contribution < -0.4 is 4.74 Å². The van der Waals surface area contributed by atoms with Gasteiger partial charge >= 0.3 is 0 Å². The number of hydrogen-bond acceptors (Lipinski definition) is 3. The molecule has 0 unspecified atom stereocenters. The summed E-state index contributed by atoms with van der Waals surface area (Å²) in [5.41, 5.74) is 2.51. The summed E-state index contributed by atoms with van der Waals surface area (Å²) in [5.74, 6) is 0.975. The van der Waals surface area contributed by atoms with Crippen molar-refractivity contribution in [1.82, 2.24) is 15.1 Å². The van der Waals surface area contributed by atoms with E-state index in [1.807, 2.05) is 24.5 Å². The monoisotopic (exact) mass is 273 g/mol. The van der Waals surface area contributed by atoms with Gasteiger partial charge in [0.05, 0.1) is 13.3 Å². The Morgan fingerprint density at radius 2 is 2.15 bits per heavy atom. The van der Waals surface area contributed by atoms with Gasteiger partial charge in [0.1, 0.15) is 5.75 Å². The molecule has 1 heterocycles. The van der Waals surface area contributed by atoms with Gasteiger partial charge in [0.25, 0.3) is 0 Å². The zero-order chi connectivity index (χ0) is 14.4. The summed E-state index contributed by atoms with van der Waals surface area (Å²) in [6, 6.07) is 8.71. The van der Waals surface area contributed by atoms with Gasteiger partial charge in [-0.3, -0.25) is 5.10 Å². The van der Waals surface area contributed by atoms with Crippen molar-refractivity contribution in [3.63, 3.8) is 0 Å². The summed E-state index contributed by atoms with van der Waals surface area (Å²) in [7, 11) is 3.90. The predicted molar refractivity (Wildman–Crippen MR) is 81.1 cm³/mol. The minimum atomic E-state index is 0.471. The number of likely N-dealkylation sites (N-methyl/N-ethyl adjacent to an activating group) is 1. The van der Waals surface area contributed by atoms with Crippen LogP contribution in [0.25, 0.3) is 0 Å². The van der Waals surface area contributed by atoms with E-state index >= 15 is 0 Å². The number of nitrogens with one attached hydrogen (secondary N) is 1. The Morgan fingerprint density at radius 1 is 1.35 bits per heavy atom. The van der Waals surface area contributed by atoms with E-state index in [0.29, 0.717) is 6.04 Å². The molecule has 2 aromatic rings. The first-order valence-electron chi connectivity index (χ1n) is 7.00. The van der Waals surface area contributed by atoms with Crippen molar-refractivity contribution >= 4 is 0 Å². The van der Waals surface area contributed by atoms with Crippen LogP contribution >= 0.6 is 0 Å². The summed E-state index contributed by atoms with van der Waals surface area (Å²) in [4.78, 5) is 2.37. The molecule has 0 radical (unpaired) electrons. The van der Waals surface area contributed by atoms with Gasteiger partial charge in [0, 0.05) is 18.8 Å². The molecule has 0 fully saturated rings. The van der Waals surface area contributed by atoms with Crippen LogP contribution in [0, 0.1) is 0 Å². The van der Waals surface area contributed by atoms with E-state index < -0.39 is 0 Å². The standard InChI is InChI=1S/C16H23N3O/c1-13(10-15-6-4-5-7-16(15)20-3)19(2)9-8-14-11-17-18-12-14/h4-7,11-13H,8-10H2,1-3H3,(H,17,18)/t13-/m0/s1. The number of para-hydroxylation sites is 1. The fourth-order valence-corrected chi connectivity index (χ4v) is 2.29. The van der Waals surface area contributed by atoms with Crippen LogP contribution in [0.1, 0.15) is 18.1 Å². The molecule has 0 bridgehead atoms. The first-order chi connectivity index (χ1) is 9.70. The Labute approximate surface area is 120 Å². The Bertz CT molecular complexity index is 510. The third-order valence-corrected chi connectivity index (χ3v) is 3.77. The largest absolute Gasteiger partial charge is 0.496 e. The molecule has 0 aliphatic carbocycles. The van der Waals surface area contributed by atoms with Gasteiger partial charge in [-0.2, -0.15) is 5.10 Å². The van der Waals surface area contributed by atoms with Crippen molar-refractivity contribution in [2.24, 2.45) is 0 Å². The molecular formula is C16H23N3O. The Kier molecular flexibility index (Phi) is 5.18. The van der Waals surface area contributed by atoms with Gasteiger partial charge in [0.15, 0.2) is 0 Å². The molecule has 0 saturated heterocycles.